The molecule has 0 aromatic heterocycles. The molecule has 23 heavy (non-hydrogen) atoms. The van der Waals surface area contributed by atoms with Crippen LogP contribution in [-0.2, 0) is 19.1 Å². The van der Waals surface area contributed by atoms with Crippen molar-refractivity contribution in [2.45, 2.75) is 90.5 Å². The van der Waals surface area contributed by atoms with Gasteiger partial charge in [0.15, 0.2) is 0 Å². The van der Waals surface area contributed by atoms with Crippen LogP contribution in [0.15, 0.2) is 0 Å². The standard InChI is InChI=1S/C18H35NO4/c1-3-5-6-7-8-9-10-11-12-13-14-23-18(21)16(19)15-17(20)22-4-2/h16H,3-15,19H2,1-2H3. The Hall–Kier alpha value is -1.10. The molecular formula is C18H35NO4. The van der Waals surface area contributed by atoms with Crippen LogP contribution in [0, 0.1) is 0 Å². The van der Waals surface area contributed by atoms with Crippen molar-refractivity contribution in [1.82, 2.24) is 0 Å². The fourth-order valence-corrected chi connectivity index (χ4v) is 2.35. The van der Waals surface area contributed by atoms with E-state index in [-0.39, 0.29) is 6.42 Å². The number of esters is 2. The van der Waals surface area contributed by atoms with E-state index in [1.807, 2.05) is 0 Å². The Bertz CT molecular complexity index is 307. The molecule has 0 saturated heterocycles. The van der Waals surface area contributed by atoms with Crippen molar-refractivity contribution in [3.05, 3.63) is 0 Å². The molecule has 0 radical (unpaired) electrons. The third kappa shape index (κ3) is 14.2. The Labute approximate surface area is 141 Å². The van der Waals surface area contributed by atoms with Crippen LogP contribution in [-0.4, -0.2) is 31.2 Å². The van der Waals surface area contributed by atoms with E-state index in [2.05, 4.69) is 6.92 Å². The average molecular weight is 329 g/mol. The monoisotopic (exact) mass is 329 g/mol. The second-order valence-electron chi connectivity index (χ2n) is 5.97. The van der Waals surface area contributed by atoms with Gasteiger partial charge in [0, 0.05) is 0 Å². The van der Waals surface area contributed by atoms with E-state index in [9.17, 15) is 9.59 Å². The Balaban J connectivity index is 3.40. The van der Waals surface area contributed by atoms with Crippen molar-refractivity contribution in [3.8, 4) is 0 Å². The highest BCUT2D eigenvalue weighted by molar-refractivity contribution is 5.82. The van der Waals surface area contributed by atoms with Gasteiger partial charge >= 0.3 is 11.9 Å². The van der Waals surface area contributed by atoms with Gasteiger partial charge in [-0.15, -0.1) is 0 Å². The van der Waals surface area contributed by atoms with Gasteiger partial charge < -0.3 is 15.2 Å². The molecule has 0 aliphatic carbocycles. The molecule has 0 aromatic carbocycles. The van der Waals surface area contributed by atoms with Gasteiger partial charge in [0.05, 0.1) is 19.6 Å². The quantitative estimate of drug-likeness (QED) is 0.366. The number of unbranched alkanes of at least 4 members (excludes halogenated alkanes) is 9. The highest BCUT2D eigenvalue weighted by atomic mass is 16.5. The topological polar surface area (TPSA) is 78.6 Å². The first-order valence-electron chi connectivity index (χ1n) is 9.19. The molecular weight excluding hydrogens is 294 g/mol. The van der Waals surface area contributed by atoms with E-state index in [4.69, 9.17) is 15.2 Å². The largest absolute Gasteiger partial charge is 0.466 e. The second-order valence-corrected chi connectivity index (χ2v) is 5.97. The minimum absolute atomic E-state index is 0.120. The van der Waals surface area contributed by atoms with Crippen LogP contribution >= 0.6 is 0 Å². The SMILES string of the molecule is CCCCCCCCCCCCOC(=O)C(N)CC(=O)OCC. The molecule has 136 valence electrons. The van der Waals surface area contributed by atoms with Gasteiger partial charge in [-0.3, -0.25) is 9.59 Å². The number of hydrogen-bond donors (Lipinski definition) is 1. The maximum absolute atomic E-state index is 11.6. The maximum atomic E-state index is 11.6. The molecule has 0 aliphatic rings. The molecule has 2 N–H and O–H groups in total. The Kier molecular flexibility index (Phi) is 15.0. The molecule has 0 amide bonds. The van der Waals surface area contributed by atoms with Crippen molar-refractivity contribution in [3.63, 3.8) is 0 Å². The van der Waals surface area contributed by atoms with Gasteiger partial charge in [0.25, 0.3) is 0 Å². The smallest absolute Gasteiger partial charge is 0.323 e. The number of carbonyl (C=O) groups is 2. The second kappa shape index (κ2) is 15.8. The first kappa shape index (κ1) is 21.9. The van der Waals surface area contributed by atoms with Crippen LogP contribution in [0.1, 0.15) is 84.5 Å². The molecule has 0 heterocycles. The van der Waals surface area contributed by atoms with Crippen molar-refractivity contribution in [1.29, 1.82) is 0 Å². The first-order valence-corrected chi connectivity index (χ1v) is 9.19. The lowest BCUT2D eigenvalue weighted by Crippen LogP contribution is -2.35. The van der Waals surface area contributed by atoms with Crippen molar-refractivity contribution >= 4 is 11.9 Å². The van der Waals surface area contributed by atoms with Crippen LogP contribution in [0.25, 0.3) is 0 Å². The highest BCUT2D eigenvalue weighted by Crippen LogP contribution is 2.10. The van der Waals surface area contributed by atoms with Gasteiger partial charge in [-0.1, -0.05) is 64.7 Å². The number of rotatable bonds is 15. The zero-order chi connectivity index (χ0) is 17.3. The molecule has 0 rings (SSSR count). The minimum Gasteiger partial charge on any atom is -0.466 e. The molecule has 5 heteroatoms. The van der Waals surface area contributed by atoms with E-state index in [0.29, 0.717) is 13.2 Å². The molecule has 1 atom stereocenters. The van der Waals surface area contributed by atoms with Gasteiger partial charge in [-0.25, -0.2) is 0 Å². The minimum atomic E-state index is -0.919. The van der Waals surface area contributed by atoms with Crippen molar-refractivity contribution < 1.29 is 19.1 Å². The summed E-state index contributed by atoms with van der Waals surface area (Å²) in [4.78, 5) is 22.8. The summed E-state index contributed by atoms with van der Waals surface area (Å²) >= 11 is 0. The lowest BCUT2D eigenvalue weighted by Gasteiger charge is -2.10. The van der Waals surface area contributed by atoms with Crippen LogP contribution in [0.5, 0.6) is 0 Å². The first-order chi connectivity index (χ1) is 11.1. The van der Waals surface area contributed by atoms with Crippen molar-refractivity contribution in [2.24, 2.45) is 5.73 Å². The Morgan fingerprint density at radius 1 is 0.826 bits per heavy atom. The molecule has 5 nitrogen and oxygen atoms in total. The molecule has 0 aliphatic heterocycles. The normalized spacial score (nSPS) is 12.0. The Morgan fingerprint density at radius 3 is 1.87 bits per heavy atom. The van der Waals surface area contributed by atoms with Crippen molar-refractivity contribution in [2.75, 3.05) is 13.2 Å². The molecule has 0 bridgehead atoms. The summed E-state index contributed by atoms with van der Waals surface area (Å²) in [5.41, 5.74) is 5.60. The van der Waals surface area contributed by atoms with E-state index in [1.54, 1.807) is 6.92 Å². The zero-order valence-electron chi connectivity index (χ0n) is 15.0. The third-order valence-electron chi connectivity index (χ3n) is 3.74. The van der Waals surface area contributed by atoms with Gasteiger partial charge in [0.2, 0.25) is 0 Å². The number of nitrogens with two attached hydrogens (primary N) is 1. The summed E-state index contributed by atoms with van der Waals surface area (Å²) in [7, 11) is 0. The zero-order valence-corrected chi connectivity index (χ0v) is 15.0. The predicted octanol–water partition coefficient (Wildman–Crippen LogP) is 3.73. The summed E-state index contributed by atoms with van der Waals surface area (Å²) in [6.45, 7) is 4.62. The fraction of sp³-hybridized carbons (Fsp3) is 0.889. The molecule has 0 fully saturated rings. The van der Waals surface area contributed by atoms with Gasteiger partial charge in [-0.2, -0.15) is 0 Å². The molecule has 0 spiro atoms. The van der Waals surface area contributed by atoms with Crippen LogP contribution in [0.3, 0.4) is 0 Å². The third-order valence-corrected chi connectivity index (χ3v) is 3.74. The lowest BCUT2D eigenvalue weighted by atomic mass is 10.1. The Morgan fingerprint density at radius 2 is 1.35 bits per heavy atom. The summed E-state index contributed by atoms with van der Waals surface area (Å²) in [5.74, 6) is -0.982. The highest BCUT2D eigenvalue weighted by Gasteiger charge is 2.19. The molecule has 0 aromatic rings. The fourth-order valence-electron chi connectivity index (χ4n) is 2.35. The summed E-state index contributed by atoms with van der Waals surface area (Å²) in [5, 5.41) is 0. The predicted molar refractivity (Wildman–Crippen MR) is 92.0 cm³/mol. The van der Waals surface area contributed by atoms with Crippen LogP contribution < -0.4 is 5.73 Å². The van der Waals surface area contributed by atoms with Gasteiger partial charge in [0.1, 0.15) is 6.04 Å². The van der Waals surface area contributed by atoms with E-state index >= 15 is 0 Å². The van der Waals surface area contributed by atoms with Crippen LogP contribution in [0.2, 0.25) is 0 Å². The number of ether oxygens (including phenoxy) is 2. The maximum Gasteiger partial charge on any atom is 0.323 e. The number of hydrogen-bond acceptors (Lipinski definition) is 5. The van der Waals surface area contributed by atoms with E-state index in [0.717, 1.165) is 12.8 Å². The lowest BCUT2D eigenvalue weighted by molar-refractivity contribution is -0.151. The van der Waals surface area contributed by atoms with Crippen LogP contribution in [0.4, 0.5) is 0 Å². The van der Waals surface area contributed by atoms with E-state index < -0.39 is 18.0 Å². The summed E-state index contributed by atoms with van der Waals surface area (Å²) < 4.78 is 9.83. The summed E-state index contributed by atoms with van der Waals surface area (Å²) in [6, 6.07) is -0.919. The molecule has 0 saturated carbocycles. The molecule has 1 unspecified atom stereocenters. The number of carbonyl (C=O) groups excluding carboxylic acids is 2. The van der Waals surface area contributed by atoms with E-state index in [1.165, 1.54) is 51.4 Å². The summed E-state index contributed by atoms with van der Waals surface area (Å²) in [6.07, 6.45) is 12.2. The average Bonchev–Trinajstić information content (AvgIpc) is 2.52. The van der Waals surface area contributed by atoms with Gasteiger partial charge in [-0.05, 0) is 13.3 Å².